The van der Waals surface area contributed by atoms with Gasteiger partial charge in [-0.2, -0.15) is 9.36 Å². The highest BCUT2D eigenvalue weighted by molar-refractivity contribution is 7.71. The Kier molecular flexibility index (Phi) is 3.92. The van der Waals surface area contributed by atoms with Crippen LogP contribution in [0.2, 0.25) is 0 Å². The zero-order valence-electron chi connectivity index (χ0n) is 12.0. The van der Waals surface area contributed by atoms with Crippen molar-refractivity contribution in [1.29, 1.82) is 0 Å². The Morgan fingerprint density at radius 3 is 1.38 bits per heavy atom. The van der Waals surface area contributed by atoms with Gasteiger partial charge in [0.2, 0.25) is 4.77 Å². The molecule has 1 aromatic heterocycles. The van der Waals surface area contributed by atoms with Gasteiger partial charge in [-0.3, -0.25) is 0 Å². The van der Waals surface area contributed by atoms with Crippen LogP contribution >= 0.6 is 12.2 Å². The summed E-state index contributed by atoms with van der Waals surface area (Å²) in [5, 5.41) is 25.7. The maximum Gasteiger partial charge on any atom is 0.335 e. The van der Waals surface area contributed by atoms with E-state index in [9.17, 15) is 9.59 Å². The number of rotatable bonds is 4. The number of nitrogens with zero attached hydrogens (tertiary/aromatic N) is 4. The first-order valence-corrected chi connectivity index (χ1v) is 7.10. The monoisotopic (exact) mass is 342 g/mol. The molecule has 0 atom stereocenters. The molecule has 0 bridgehead atoms. The summed E-state index contributed by atoms with van der Waals surface area (Å²) in [4.78, 5) is 21.8. The summed E-state index contributed by atoms with van der Waals surface area (Å²) in [6.07, 6.45) is 0. The van der Waals surface area contributed by atoms with Gasteiger partial charge in [0.25, 0.3) is 0 Å². The van der Waals surface area contributed by atoms with Crippen molar-refractivity contribution in [3.63, 3.8) is 0 Å². The molecular formula is C15H10N4O4S. The summed E-state index contributed by atoms with van der Waals surface area (Å²) in [7, 11) is 0. The summed E-state index contributed by atoms with van der Waals surface area (Å²) < 4.78 is 3.03. The van der Waals surface area contributed by atoms with Crippen molar-refractivity contribution in [2.45, 2.75) is 0 Å². The van der Waals surface area contributed by atoms with Gasteiger partial charge in [-0.1, -0.05) is 0 Å². The molecular weight excluding hydrogens is 332 g/mol. The number of hydrogen-bond donors (Lipinski definition) is 2. The fourth-order valence-electron chi connectivity index (χ4n) is 2.06. The molecule has 0 aliphatic carbocycles. The van der Waals surface area contributed by atoms with E-state index in [0.29, 0.717) is 11.4 Å². The van der Waals surface area contributed by atoms with Crippen LogP contribution in [0.5, 0.6) is 0 Å². The van der Waals surface area contributed by atoms with Crippen molar-refractivity contribution in [2.24, 2.45) is 0 Å². The van der Waals surface area contributed by atoms with Crippen LogP contribution in [0.15, 0.2) is 48.5 Å². The predicted molar refractivity (Wildman–Crippen MR) is 85.4 cm³/mol. The summed E-state index contributed by atoms with van der Waals surface area (Å²) in [6, 6.07) is 12.1. The lowest BCUT2D eigenvalue weighted by atomic mass is 10.2. The van der Waals surface area contributed by atoms with Crippen LogP contribution in [-0.2, 0) is 0 Å². The van der Waals surface area contributed by atoms with Gasteiger partial charge < -0.3 is 10.2 Å². The zero-order chi connectivity index (χ0) is 17.3. The molecule has 24 heavy (non-hydrogen) atoms. The number of tetrazole rings is 1. The Balaban J connectivity index is 1.98. The number of benzene rings is 2. The van der Waals surface area contributed by atoms with E-state index in [2.05, 4.69) is 10.4 Å². The van der Waals surface area contributed by atoms with Crippen LogP contribution in [0.3, 0.4) is 0 Å². The van der Waals surface area contributed by atoms with Crippen molar-refractivity contribution >= 4 is 24.2 Å². The van der Waals surface area contributed by atoms with E-state index in [1.54, 1.807) is 24.3 Å². The minimum absolute atomic E-state index is 0.155. The molecule has 3 aromatic rings. The molecule has 0 aliphatic rings. The molecule has 9 heteroatoms. The standard InChI is InChI=1S/C15H10N4O4S/c20-13(21)9-1-5-11(6-2-9)18-15(24)19(17-16-18)12-7-3-10(4-8-12)14(22)23/h1-8H,(H,20,21)(H,22,23). The first kappa shape index (κ1) is 15.6. The predicted octanol–water partition coefficient (Wildman–Crippen LogP) is 2.18. The summed E-state index contributed by atoms with van der Waals surface area (Å²) >= 11 is 5.33. The Morgan fingerprint density at radius 2 is 1.08 bits per heavy atom. The first-order chi connectivity index (χ1) is 11.5. The van der Waals surface area contributed by atoms with Gasteiger partial charge in [0.15, 0.2) is 0 Å². The fourth-order valence-corrected chi connectivity index (χ4v) is 2.34. The lowest BCUT2D eigenvalue weighted by Crippen LogP contribution is -2.02. The molecule has 0 saturated carbocycles. The summed E-state index contributed by atoms with van der Waals surface area (Å²) in [5.41, 5.74) is 1.45. The molecule has 8 nitrogen and oxygen atoms in total. The second-order valence-electron chi connectivity index (χ2n) is 4.79. The highest BCUT2D eigenvalue weighted by Crippen LogP contribution is 2.13. The molecule has 120 valence electrons. The third-order valence-electron chi connectivity index (χ3n) is 3.30. The third-order valence-corrected chi connectivity index (χ3v) is 3.64. The Hall–Kier alpha value is -3.33. The molecule has 3 rings (SSSR count). The van der Waals surface area contributed by atoms with Crippen molar-refractivity contribution in [2.75, 3.05) is 0 Å². The topological polar surface area (TPSA) is 110 Å². The molecule has 0 spiro atoms. The summed E-state index contributed by atoms with van der Waals surface area (Å²) in [6.45, 7) is 0. The number of carbonyl (C=O) groups is 2. The fraction of sp³-hybridized carbons (Fsp3) is 0. The number of carboxylic acids is 2. The van der Waals surface area contributed by atoms with E-state index >= 15 is 0 Å². The maximum atomic E-state index is 10.9. The molecule has 2 aromatic carbocycles. The third kappa shape index (κ3) is 2.79. The van der Waals surface area contributed by atoms with Crippen molar-refractivity contribution in [3.05, 3.63) is 64.4 Å². The Morgan fingerprint density at radius 1 is 0.750 bits per heavy atom. The lowest BCUT2D eigenvalue weighted by Gasteiger charge is -2.02. The second kappa shape index (κ2) is 6.05. The van der Waals surface area contributed by atoms with E-state index in [1.165, 1.54) is 33.6 Å². The summed E-state index contributed by atoms with van der Waals surface area (Å²) in [5.74, 6) is -2.04. The molecule has 0 saturated heterocycles. The van der Waals surface area contributed by atoms with Crippen LogP contribution in [0.25, 0.3) is 11.4 Å². The average Bonchev–Trinajstić information content (AvgIpc) is 2.96. The molecule has 0 radical (unpaired) electrons. The van der Waals surface area contributed by atoms with E-state index in [-0.39, 0.29) is 15.9 Å². The van der Waals surface area contributed by atoms with Gasteiger partial charge in [0.05, 0.1) is 22.5 Å². The maximum absolute atomic E-state index is 10.9. The molecule has 2 N–H and O–H groups in total. The van der Waals surface area contributed by atoms with E-state index in [4.69, 9.17) is 22.4 Å². The van der Waals surface area contributed by atoms with Crippen LogP contribution in [-0.4, -0.2) is 41.9 Å². The second-order valence-corrected chi connectivity index (χ2v) is 5.15. The van der Waals surface area contributed by atoms with E-state index in [0.717, 1.165) is 0 Å². The largest absolute Gasteiger partial charge is 0.478 e. The van der Waals surface area contributed by atoms with Crippen molar-refractivity contribution in [3.8, 4) is 11.4 Å². The molecule has 0 unspecified atom stereocenters. The highest BCUT2D eigenvalue weighted by atomic mass is 32.1. The van der Waals surface area contributed by atoms with Gasteiger partial charge in [0, 0.05) is 0 Å². The van der Waals surface area contributed by atoms with Gasteiger partial charge in [0.1, 0.15) is 0 Å². The number of carboxylic acid groups (broad SMARTS) is 2. The van der Waals surface area contributed by atoms with E-state index < -0.39 is 11.9 Å². The molecule has 0 aliphatic heterocycles. The SMILES string of the molecule is O=C(O)c1ccc(-n2nnn(-c3ccc(C(=O)O)cc3)c2=S)cc1. The minimum atomic E-state index is -1.02. The van der Waals surface area contributed by atoms with Crippen LogP contribution in [0.4, 0.5) is 0 Å². The van der Waals surface area contributed by atoms with Gasteiger partial charge in [-0.15, -0.1) is 0 Å². The lowest BCUT2D eigenvalue weighted by molar-refractivity contribution is 0.0686. The quantitative estimate of drug-likeness (QED) is 0.699. The van der Waals surface area contributed by atoms with Crippen molar-refractivity contribution < 1.29 is 19.8 Å². The van der Waals surface area contributed by atoms with Gasteiger partial charge >= 0.3 is 11.9 Å². The first-order valence-electron chi connectivity index (χ1n) is 6.70. The zero-order valence-corrected chi connectivity index (χ0v) is 12.8. The number of hydrogen-bond acceptors (Lipinski definition) is 5. The Bertz CT molecular complexity index is 896. The van der Waals surface area contributed by atoms with Crippen LogP contribution < -0.4 is 0 Å². The van der Waals surface area contributed by atoms with Gasteiger partial charge in [-0.25, -0.2) is 9.59 Å². The normalized spacial score (nSPS) is 10.5. The number of aromatic nitrogens is 4. The molecule has 0 fully saturated rings. The Labute approximate surface area is 140 Å². The minimum Gasteiger partial charge on any atom is -0.478 e. The number of aromatic carboxylic acids is 2. The average molecular weight is 342 g/mol. The molecule has 0 amide bonds. The van der Waals surface area contributed by atoms with Crippen LogP contribution in [0, 0.1) is 4.77 Å². The molecule has 1 heterocycles. The van der Waals surface area contributed by atoms with Crippen molar-refractivity contribution in [1.82, 2.24) is 19.8 Å². The highest BCUT2D eigenvalue weighted by Gasteiger charge is 2.10. The van der Waals surface area contributed by atoms with Crippen LogP contribution in [0.1, 0.15) is 20.7 Å². The van der Waals surface area contributed by atoms with E-state index in [1.807, 2.05) is 0 Å². The van der Waals surface area contributed by atoms with Gasteiger partial charge in [-0.05, 0) is 71.2 Å². The smallest absolute Gasteiger partial charge is 0.335 e.